The molecular weight excluding hydrogens is 168 g/mol. The molecule has 1 saturated heterocycles. The van der Waals surface area contributed by atoms with E-state index in [0.29, 0.717) is 18.9 Å². The molecule has 1 heterocycles. The summed E-state index contributed by atoms with van der Waals surface area (Å²) in [6.45, 7) is 0. The van der Waals surface area contributed by atoms with Crippen molar-refractivity contribution in [3.05, 3.63) is 0 Å². The van der Waals surface area contributed by atoms with Crippen LogP contribution in [0.25, 0.3) is 0 Å². The lowest BCUT2D eigenvalue weighted by Gasteiger charge is -2.28. The first-order valence-electron chi connectivity index (χ1n) is 4.75. The summed E-state index contributed by atoms with van der Waals surface area (Å²) >= 11 is 0. The summed E-state index contributed by atoms with van der Waals surface area (Å²) in [5.74, 6) is -0.123. The fourth-order valence-corrected chi connectivity index (χ4v) is 1.60. The molecule has 0 aromatic carbocycles. The molecule has 1 atom stereocenters. The Labute approximate surface area is 77.3 Å². The van der Waals surface area contributed by atoms with Crippen molar-refractivity contribution in [1.29, 1.82) is 0 Å². The van der Waals surface area contributed by atoms with Crippen molar-refractivity contribution < 1.29 is 9.59 Å². The highest BCUT2D eigenvalue weighted by molar-refractivity contribution is 6.00. The molecule has 4 nitrogen and oxygen atoms in total. The Hall–Kier alpha value is -0.900. The zero-order chi connectivity index (χ0) is 9.42. The van der Waals surface area contributed by atoms with E-state index in [2.05, 4.69) is 5.32 Å². The number of hydrogen-bond donors (Lipinski definition) is 1. The van der Waals surface area contributed by atoms with E-state index in [9.17, 15) is 9.59 Å². The minimum atomic E-state index is -0.116. The Morgan fingerprint density at radius 2 is 2.00 bits per heavy atom. The SMILES string of the molecule is CN1C(=O)CCC(NC2CC2)C1=O. The summed E-state index contributed by atoms with van der Waals surface area (Å²) < 4.78 is 0. The zero-order valence-electron chi connectivity index (χ0n) is 7.75. The zero-order valence-corrected chi connectivity index (χ0v) is 7.75. The van der Waals surface area contributed by atoms with Gasteiger partial charge in [-0.1, -0.05) is 0 Å². The van der Waals surface area contributed by atoms with E-state index >= 15 is 0 Å². The highest BCUT2D eigenvalue weighted by Gasteiger charge is 2.35. The van der Waals surface area contributed by atoms with Crippen LogP contribution in [0, 0.1) is 0 Å². The fourth-order valence-electron chi connectivity index (χ4n) is 1.60. The molecule has 0 aromatic heterocycles. The molecule has 72 valence electrons. The quantitative estimate of drug-likeness (QED) is 0.606. The number of likely N-dealkylation sites (N-methyl/N-ethyl adjacent to an activating group) is 1. The van der Waals surface area contributed by atoms with Crippen LogP contribution in [0.1, 0.15) is 25.7 Å². The van der Waals surface area contributed by atoms with Gasteiger partial charge >= 0.3 is 0 Å². The van der Waals surface area contributed by atoms with Crippen LogP contribution in [-0.2, 0) is 9.59 Å². The van der Waals surface area contributed by atoms with E-state index in [1.165, 1.54) is 17.7 Å². The van der Waals surface area contributed by atoms with Gasteiger partial charge in [0.25, 0.3) is 0 Å². The maximum Gasteiger partial charge on any atom is 0.246 e. The number of rotatable bonds is 2. The van der Waals surface area contributed by atoms with E-state index < -0.39 is 0 Å². The number of carbonyl (C=O) groups excluding carboxylic acids is 2. The molecule has 13 heavy (non-hydrogen) atoms. The number of likely N-dealkylation sites (tertiary alicyclic amines) is 1. The van der Waals surface area contributed by atoms with E-state index in [4.69, 9.17) is 0 Å². The summed E-state index contributed by atoms with van der Waals surface area (Å²) in [5, 5.41) is 3.25. The molecule has 4 heteroatoms. The number of hydrogen-bond acceptors (Lipinski definition) is 3. The Morgan fingerprint density at radius 1 is 1.31 bits per heavy atom. The van der Waals surface area contributed by atoms with Crippen molar-refractivity contribution in [3.8, 4) is 0 Å². The van der Waals surface area contributed by atoms with Crippen molar-refractivity contribution >= 4 is 11.8 Å². The molecule has 0 radical (unpaired) electrons. The van der Waals surface area contributed by atoms with Gasteiger partial charge in [-0.05, 0) is 19.3 Å². The highest BCUT2D eigenvalue weighted by atomic mass is 16.2. The summed E-state index contributed by atoms with van der Waals surface area (Å²) in [4.78, 5) is 23.9. The molecule has 2 aliphatic rings. The van der Waals surface area contributed by atoms with E-state index in [1.807, 2.05) is 0 Å². The number of carbonyl (C=O) groups is 2. The largest absolute Gasteiger partial charge is 0.303 e. The third-order valence-corrected chi connectivity index (χ3v) is 2.66. The maximum absolute atomic E-state index is 11.5. The van der Waals surface area contributed by atoms with Crippen LogP contribution in [0.2, 0.25) is 0 Å². The summed E-state index contributed by atoms with van der Waals surface area (Å²) in [7, 11) is 1.56. The predicted octanol–water partition coefficient (Wildman–Crippen LogP) is -0.114. The average molecular weight is 182 g/mol. The number of piperidine rings is 1. The molecule has 1 unspecified atom stereocenters. The van der Waals surface area contributed by atoms with Crippen molar-refractivity contribution in [3.63, 3.8) is 0 Å². The van der Waals surface area contributed by atoms with E-state index in [-0.39, 0.29) is 17.9 Å². The third kappa shape index (κ3) is 1.72. The van der Waals surface area contributed by atoms with Crippen molar-refractivity contribution in [2.24, 2.45) is 0 Å². The van der Waals surface area contributed by atoms with Crippen molar-refractivity contribution in [2.45, 2.75) is 37.8 Å². The Morgan fingerprint density at radius 3 is 2.62 bits per heavy atom. The average Bonchev–Trinajstić information content (AvgIpc) is 2.90. The number of nitrogens with zero attached hydrogens (tertiary/aromatic N) is 1. The molecular formula is C9H14N2O2. The van der Waals surface area contributed by atoms with Crippen LogP contribution >= 0.6 is 0 Å². The van der Waals surface area contributed by atoms with Gasteiger partial charge in [-0.2, -0.15) is 0 Å². The second kappa shape index (κ2) is 3.10. The molecule has 0 bridgehead atoms. The number of amides is 2. The van der Waals surface area contributed by atoms with Gasteiger partial charge in [0, 0.05) is 19.5 Å². The minimum Gasteiger partial charge on any atom is -0.303 e. The van der Waals surface area contributed by atoms with Gasteiger partial charge in [0.05, 0.1) is 6.04 Å². The first-order valence-corrected chi connectivity index (χ1v) is 4.75. The fraction of sp³-hybridized carbons (Fsp3) is 0.778. The van der Waals surface area contributed by atoms with Crippen molar-refractivity contribution in [1.82, 2.24) is 10.2 Å². The Kier molecular flexibility index (Phi) is 2.07. The molecule has 2 rings (SSSR count). The standard InChI is InChI=1S/C9H14N2O2/c1-11-8(12)5-4-7(9(11)13)10-6-2-3-6/h6-7,10H,2-5H2,1H3. The molecule has 1 aliphatic carbocycles. The lowest BCUT2D eigenvalue weighted by molar-refractivity contribution is -0.148. The van der Waals surface area contributed by atoms with Gasteiger partial charge in [0.1, 0.15) is 0 Å². The second-order valence-electron chi connectivity index (χ2n) is 3.82. The maximum atomic E-state index is 11.5. The van der Waals surface area contributed by atoms with Gasteiger partial charge in [0.15, 0.2) is 0 Å². The Bertz CT molecular complexity index is 248. The van der Waals surface area contributed by atoms with Crippen LogP contribution < -0.4 is 5.32 Å². The van der Waals surface area contributed by atoms with Gasteiger partial charge in [0.2, 0.25) is 11.8 Å². The van der Waals surface area contributed by atoms with Gasteiger partial charge < -0.3 is 5.32 Å². The predicted molar refractivity (Wildman–Crippen MR) is 47.0 cm³/mol. The third-order valence-electron chi connectivity index (χ3n) is 2.66. The van der Waals surface area contributed by atoms with Gasteiger partial charge in [-0.15, -0.1) is 0 Å². The molecule has 1 saturated carbocycles. The number of imide groups is 1. The normalized spacial score (nSPS) is 29.6. The summed E-state index contributed by atoms with van der Waals surface area (Å²) in [6, 6.07) is 0.408. The lowest BCUT2D eigenvalue weighted by Crippen LogP contribution is -2.51. The van der Waals surface area contributed by atoms with Crippen LogP contribution in [0.5, 0.6) is 0 Å². The highest BCUT2D eigenvalue weighted by Crippen LogP contribution is 2.22. The van der Waals surface area contributed by atoms with Crippen LogP contribution in [-0.4, -0.2) is 35.8 Å². The smallest absolute Gasteiger partial charge is 0.246 e. The lowest BCUT2D eigenvalue weighted by atomic mass is 10.0. The Balaban J connectivity index is 1.96. The summed E-state index contributed by atoms with van der Waals surface area (Å²) in [5.41, 5.74) is 0. The van der Waals surface area contributed by atoms with E-state index in [0.717, 1.165) is 0 Å². The summed E-state index contributed by atoms with van der Waals surface area (Å²) in [6.07, 6.45) is 3.49. The van der Waals surface area contributed by atoms with Gasteiger partial charge in [-0.3, -0.25) is 14.5 Å². The van der Waals surface area contributed by atoms with E-state index in [1.54, 1.807) is 7.05 Å². The minimum absolute atomic E-state index is 0.0566. The van der Waals surface area contributed by atoms with Crippen LogP contribution in [0.3, 0.4) is 0 Å². The first-order chi connectivity index (χ1) is 6.18. The van der Waals surface area contributed by atoms with Crippen molar-refractivity contribution in [2.75, 3.05) is 7.05 Å². The molecule has 0 aromatic rings. The van der Waals surface area contributed by atoms with Gasteiger partial charge in [-0.25, -0.2) is 0 Å². The topological polar surface area (TPSA) is 49.4 Å². The van der Waals surface area contributed by atoms with Crippen LogP contribution in [0.4, 0.5) is 0 Å². The molecule has 1 N–H and O–H groups in total. The molecule has 2 fully saturated rings. The first kappa shape index (κ1) is 8.69. The van der Waals surface area contributed by atoms with Crippen LogP contribution in [0.15, 0.2) is 0 Å². The number of nitrogens with one attached hydrogen (secondary N) is 1. The molecule has 1 aliphatic heterocycles. The molecule has 2 amide bonds. The monoisotopic (exact) mass is 182 g/mol. The molecule has 0 spiro atoms. The second-order valence-corrected chi connectivity index (χ2v) is 3.82.